The van der Waals surface area contributed by atoms with Crippen molar-refractivity contribution in [1.29, 1.82) is 0 Å². The summed E-state index contributed by atoms with van der Waals surface area (Å²) in [5.74, 6) is -0.262. The Morgan fingerprint density at radius 2 is 1.78 bits per heavy atom. The van der Waals surface area contributed by atoms with Gasteiger partial charge in [0.15, 0.2) is 0 Å². The van der Waals surface area contributed by atoms with Crippen LogP contribution in [0, 0.1) is 0 Å². The van der Waals surface area contributed by atoms with E-state index in [2.05, 4.69) is 12.7 Å². The molecule has 96 valence electrons. The van der Waals surface area contributed by atoms with Crippen molar-refractivity contribution in [2.75, 3.05) is 6.61 Å². The molecule has 1 rings (SSSR count). The van der Waals surface area contributed by atoms with Gasteiger partial charge in [-0.25, -0.2) is 4.79 Å². The molecule has 0 saturated carbocycles. The van der Waals surface area contributed by atoms with Crippen molar-refractivity contribution in [3.63, 3.8) is 0 Å². The number of carbonyl (C=O) groups is 1. The van der Waals surface area contributed by atoms with Crippen molar-refractivity contribution in [2.45, 2.75) is 33.6 Å². The van der Waals surface area contributed by atoms with Gasteiger partial charge in [-0.3, -0.25) is 0 Å². The second-order valence-corrected chi connectivity index (χ2v) is 3.88. The maximum atomic E-state index is 11.7. The molecule has 0 N–H and O–H groups in total. The molecule has 0 heterocycles. The normalized spacial score (nSPS) is 9.50. The first-order chi connectivity index (χ1) is 8.72. The van der Waals surface area contributed by atoms with Gasteiger partial charge in [-0.15, -0.1) is 5.73 Å². The van der Waals surface area contributed by atoms with Gasteiger partial charge in [-0.1, -0.05) is 44.2 Å². The van der Waals surface area contributed by atoms with Gasteiger partial charge in [0.05, 0.1) is 12.2 Å². The van der Waals surface area contributed by atoms with Crippen LogP contribution in [0.4, 0.5) is 0 Å². The minimum absolute atomic E-state index is 0.262. The van der Waals surface area contributed by atoms with E-state index >= 15 is 0 Å². The highest BCUT2D eigenvalue weighted by Gasteiger charge is 2.08. The first kappa shape index (κ1) is 14.3. The van der Waals surface area contributed by atoms with Gasteiger partial charge in [0.2, 0.25) is 0 Å². The molecule has 0 fully saturated rings. The Bertz CT molecular complexity index is 451. The third-order valence-corrected chi connectivity index (χ3v) is 2.65. The molecule has 2 nitrogen and oxygen atoms in total. The van der Waals surface area contributed by atoms with Crippen LogP contribution in [0.5, 0.6) is 0 Å². The van der Waals surface area contributed by atoms with E-state index in [-0.39, 0.29) is 5.97 Å². The fourth-order valence-corrected chi connectivity index (χ4v) is 1.69. The number of rotatable bonds is 5. The summed E-state index contributed by atoms with van der Waals surface area (Å²) in [5.41, 5.74) is 5.97. The van der Waals surface area contributed by atoms with Crippen molar-refractivity contribution in [3.8, 4) is 0 Å². The molecule has 0 atom stereocenters. The van der Waals surface area contributed by atoms with Gasteiger partial charge >= 0.3 is 5.97 Å². The molecule has 1 aromatic carbocycles. The quantitative estimate of drug-likeness (QED) is 0.445. The van der Waals surface area contributed by atoms with Crippen LogP contribution in [-0.2, 0) is 9.53 Å². The Morgan fingerprint density at radius 3 is 2.28 bits per heavy atom. The highest BCUT2D eigenvalue weighted by molar-refractivity contribution is 5.89. The van der Waals surface area contributed by atoms with Crippen molar-refractivity contribution in [2.24, 2.45) is 0 Å². The number of esters is 1. The van der Waals surface area contributed by atoms with Gasteiger partial charge in [0, 0.05) is 5.57 Å². The molecule has 0 spiro atoms. The third kappa shape index (κ3) is 3.90. The predicted octanol–water partition coefficient (Wildman–Crippen LogP) is 3.98. The average Bonchev–Trinajstić information content (AvgIpc) is 2.41. The molecule has 0 bridgehead atoms. The van der Waals surface area contributed by atoms with E-state index in [4.69, 9.17) is 4.74 Å². The second-order valence-electron chi connectivity index (χ2n) is 3.88. The van der Waals surface area contributed by atoms with Gasteiger partial charge in [-0.05, 0) is 25.3 Å². The Labute approximate surface area is 109 Å². The monoisotopic (exact) mass is 244 g/mol. The fourth-order valence-electron chi connectivity index (χ4n) is 1.69. The molecular formula is C16H20O2. The standard InChI is InChI=1S/C16H20O2/c1-4-13(15-10-8-7-9-11-15)12-14(5-2)16(17)18-6-3/h7-11H,4-6H2,1-3H3. The van der Waals surface area contributed by atoms with Gasteiger partial charge in [0.1, 0.15) is 0 Å². The summed E-state index contributed by atoms with van der Waals surface area (Å²) in [6.45, 7) is 6.22. The average molecular weight is 244 g/mol. The largest absolute Gasteiger partial charge is 0.462 e. The molecule has 0 unspecified atom stereocenters. The first-order valence-corrected chi connectivity index (χ1v) is 6.44. The summed E-state index contributed by atoms with van der Waals surface area (Å²) < 4.78 is 5.02. The van der Waals surface area contributed by atoms with Gasteiger partial charge in [0.25, 0.3) is 0 Å². The zero-order valence-electron chi connectivity index (χ0n) is 11.3. The van der Waals surface area contributed by atoms with E-state index in [0.29, 0.717) is 18.6 Å². The van der Waals surface area contributed by atoms with Crippen molar-refractivity contribution in [1.82, 2.24) is 0 Å². The van der Waals surface area contributed by atoms with E-state index in [1.807, 2.05) is 44.2 Å². The number of hydrogen-bond donors (Lipinski definition) is 0. The molecule has 0 amide bonds. The summed E-state index contributed by atoms with van der Waals surface area (Å²) in [6, 6.07) is 10.0. The van der Waals surface area contributed by atoms with E-state index in [1.54, 1.807) is 0 Å². The van der Waals surface area contributed by atoms with Crippen LogP contribution in [0.2, 0.25) is 0 Å². The zero-order chi connectivity index (χ0) is 13.4. The molecule has 0 aliphatic carbocycles. The van der Waals surface area contributed by atoms with Crippen molar-refractivity contribution >= 4 is 11.5 Å². The molecule has 0 saturated heterocycles. The van der Waals surface area contributed by atoms with Crippen LogP contribution in [0.1, 0.15) is 39.2 Å². The Kier molecular flexibility index (Phi) is 5.96. The molecular weight excluding hydrogens is 224 g/mol. The summed E-state index contributed by atoms with van der Waals surface area (Å²) in [6.07, 6.45) is 1.47. The predicted molar refractivity (Wildman–Crippen MR) is 74.1 cm³/mol. The number of carbonyl (C=O) groups excluding carboxylic acids is 1. The second kappa shape index (κ2) is 7.52. The SMILES string of the molecule is CCOC(=O)C(=C=C(CC)c1ccccc1)CC. The minimum Gasteiger partial charge on any atom is -0.462 e. The van der Waals surface area contributed by atoms with Crippen LogP contribution in [0.3, 0.4) is 0 Å². The highest BCUT2D eigenvalue weighted by Crippen LogP contribution is 2.17. The lowest BCUT2D eigenvalue weighted by atomic mass is 10.0. The smallest absolute Gasteiger partial charge is 0.341 e. The van der Waals surface area contributed by atoms with Crippen molar-refractivity contribution in [3.05, 3.63) is 47.2 Å². The van der Waals surface area contributed by atoms with Crippen LogP contribution in [0.15, 0.2) is 41.6 Å². The maximum Gasteiger partial charge on any atom is 0.341 e. The Hall–Kier alpha value is -1.79. The van der Waals surface area contributed by atoms with Crippen LogP contribution < -0.4 is 0 Å². The van der Waals surface area contributed by atoms with Gasteiger partial charge in [-0.2, -0.15) is 0 Å². The van der Waals surface area contributed by atoms with Crippen LogP contribution >= 0.6 is 0 Å². The molecule has 0 aliphatic rings. The fraction of sp³-hybridized carbons (Fsp3) is 0.375. The Morgan fingerprint density at radius 1 is 1.11 bits per heavy atom. The van der Waals surface area contributed by atoms with Crippen LogP contribution in [-0.4, -0.2) is 12.6 Å². The summed E-state index contributed by atoms with van der Waals surface area (Å²) in [4.78, 5) is 11.7. The third-order valence-electron chi connectivity index (χ3n) is 2.65. The molecule has 18 heavy (non-hydrogen) atoms. The molecule has 0 radical (unpaired) electrons. The summed E-state index contributed by atoms with van der Waals surface area (Å²) in [7, 11) is 0. The van der Waals surface area contributed by atoms with E-state index < -0.39 is 0 Å². The lowest BCUT2D eigenvalue weighted by molar-refractivity contribution is -0.138. The number of hydrogen-bond acceptors (Lipinski definition) is 2. The van der Waals surface area contributed by atoms with E-state index in [0.717, 1.165) is 17.6 Å². The maximum absolute atomic E-state index is 11.7. The Balaban J connectivity index is 3.18. The lowest BCUT2D eigenvalue weighted by Gasteiger charge is -2.04. The molecule has 0 aromatic heterocycles. The molecule has 0 aliphatic heterocycles. The number of ether oxygens (including phenoxy) is 1. The summed E-state index contributed by atoms with van der Waals surface area (Å²) in [5, 5.41) is 0. The van der Waals surface area contributed by atoms with E-state index in [9.17, 15) is 4.79 Å². The first-order valence-electron chi connectivity index (χ1n) is 6.44. The van der Waals surface area contributed by atoms with Crippen LogP contribution in [0.25, 0.3) is 5.57 Å². The topological polar surface area (TPSA) is 26.3 Å². The highest BCUT2D eigenvalue weighted by atomic mass is 16.5. The van der Waals surface area contributed by atoms with Gasteiger partial charge < -0.3 is 4.74 Å². The summed E-state index contributed by atoms with van der Waals surface area (Å²) >= 11 is 0. The minimum atomic E-state index is -0.262. The lowest BCUT2D eigenvalue weighted by Crippen LogP contribution is -2.06. The van der Waals surface area contributed by atoms with E-state index in [1.165, 1.54) is 0 Å². The van der Waals surface area contributed by atoms with Crippen molar-refractivity contribution < 1.29 is 9.53 Å². The molecule has 1 aromatic rings. The number of benzene rings is 1. The zero-order valence-corrected chi connectivity index (χ0v) is 11.3. The molecule has 2 heteroatoms.